The molecule has 5 aromatic carbocycles. The summed E-state index contributed by atoms with van der Waals surface area (Å²) in [4.78, 5) is 14.7. The van der Waals surface area contributed by atoms with Gasteiger partial charge in [-0.3, -0.25) is 9.55 Å². The number of furan rings is 1. The summed E-state index contributed by atoms with van der Waals surface area (Å²) in [5.74, 6) is 0.586. The Kier molecular flexibility index (Phi) is 4.27. The average Bonchev–Trinajstić information content (AvgIpc) is 3.57. The molecule has 0 radical (unpaired) electrons. The first kappa shape index (κ1) is 21.4. The minimum atomic E-state index is 0.586. The summed E-state index contributed by atoms with van der Waals surface area (Å²) >= 11 is 0. The van der Waals surface area contributed by atoms with Crippen LogP contribution in [-0.4, -0.2) is 19.5 Å². The van der Waals surface area contributed by atoms with Crippen molar-refractivity contribution in [3.63, 3.8) is 0 Å². The summed E-state index contributed by atoms with van der Waals surface area (Å²) in [7, 11) is 0. The summed E-state index contributed by atoms with van der Waals surface area (Å²) in [6.45, 7) is 0. The number of para-hydroxylation sites is 1. The largest absolute Gasteiger partial charge is 0.454 e. The molecule has 0 aliphatic carbocycles. The van der Waals surface area contributed by atoms with E-state index in [1.165, 1.54) is 10.8 Å². The second-order valence-electron chi connectivity index (χ2n) is 10.1. The minimum Gasteiger partial charge on any atom is -0.454 e. The van der Waals surface area contributed by atoms with Crippen LogP contribution in [0.2, 0.25) is 0 Å². The summed E-state index contributed by atoms with van der Waals surface area (Å²) in [5, 5.41) is 7.76. The van der Waals surface area contributed by atoms with Crippen LogP contribution in [0, 0.1) is 0 Å². The summed E-state index contributed by atoms with van der Waals surface area (Å²) < 4.78 is 8.75. The number of aromatic nitrogens is 4. The quantitative estimate of drug-likeness (QED) is 0.232. The highest BCUT2D eigenvalue weighted by atomic mass is 16.3. The van der Waals surface area contributed by atoms with Crippen molar-refractivity contribution in [3.8, 4) is 17.2 Å². The number of rotatable bonds is 2. The first-order valence-corrected chi connectivity index (χ1v) is 13.3. The van der Waals surface area contributed by atoms with Crippen LogP contribution in [0.15, 0.2) is 126 Å². The molecule has 4 aromatic heterocycles. The number of hydrogen-bond donors (Lipinski definition) is 0. The molecular weight excluding hydrogens is 492 g/mol. The van der Waals surface area contributed by atoms with Crippen molar-refractivity contribution in [2.45, 2.75) is 0 Å². The third kappa shape index (κ3) is 2.89. The lowest BCUT2D eigenvalue weighted by Gasteiger charge is -2.11. The van der Waals surface area contributed by atoms with Crippen molar-refractivity contribution in [3.05, 3.63) is 122 Å². The number of hydrogen-bond acceptors (Lipinski definition) is 4. The Balaban J connectivity index is 1.51. The smallest absolute Gasteiger partial charge is 0.235 e. The van der Waals surface area contributed by atoms with Crippen LogP contribution in [0.1, 0.15) is 0 Å². The van der Waals surface area contributed by atoms with Gasteiger partial charge in [-0.1, -0.05) is 84.9 Å². The van der Waals surface area contributed by atoms with Crippen molar-refractivity contribution in [1.82, 2.24) is 19.5 Å². The Morgan fingerprint density at radius 1 is 0.600 bits per heavy atom. The van der Waals surface area contributed by atoms with Gasteiger partial charge in [0.25, 0.3) is 0 Å². The molecule has 0 aliphatic rings. The zero-order chi connectivity index (χ0) is 26.2. The van der Waals surface area contributed by atoms with Crippen molar-refractivity contribution in [2.75, 3.05) is 0 Å². The van der Waals surface area contributed by atoms with Crippen LogP contribution >= 0.6 is 0 Å². The average molecular weight is 513 g/mol. The molecule has 186 valence electrons. The Bertz CT molecular complexity index is 2440. The minimum absolute atomic E-state index is 0.586. The van der Waals surface area contributed by atoms with Crippen molar-refractivity contribution in [1.29, 1.82) is 0 Å². The van der Waals surface area contributed by atoms with Gasteiger partial charge >= 0.3 is 0 Å². The van der Waals surface area contributed by atoms with E-state index >= 15 is 0 Å². The number of fused-ring (bicyclic) bond motifs is 10. The van der Waals surface area contributed by atoms with E-state index < -0.39 is 0 Å². The van der Waals surface area contributed by atoms with Gasteiger partial charge in [-0.2, -0.15) is 0 Å². The fourth-order valence-corrected chi connectivity index (χ4v) is 6.14. The monoisotopic (exact) mass is 512 g/mol. The Hall–Kier alpha value is -5.55. The molecule has 0 saturated heterocycles. The van der Waals surface area contributed by atoms with Crippen molar-refractivity contribution >= 4 is 65.4 Å². The highest BCUT2D eigenvalue weighted by Crippen LogP contribution is 2.42. The predicted molar refractivity (Wildman–Crippen MR) is 162 cm³/mol. The highest BCUT2D eigenvalue weighted by molar-refractivity contribution is 6.27. The molecule has 9 aromatic rings. The van der Waals surface area contributed by atoms with E-state index in [0.29, 0.717) is 5.95 Å². The van der Waals surface area contributed by atoms with Gasteiger partial charge in [0.15, 0.2) is 5.58 Å². The number of pyridine rings is 1. The van der Waals surface area contributed by atoms with Crippen LogP contribution in [0.3, 0.4) is 0 Å². The van der Waals surface area contributed by atoms with E-state index in [1.54, 1.807) is 6.20 Å². The summed E-state index contributed by atoms with van der Waals surface area (Å²) in [5.41, 5.74) is 6.37. The molecule has 9 rings (SSSR count). The second kappa shape index (κ2) is 7.98. The van der Waals surface area contributed by atoms with Gasteiger partial charge in [0.2, 0.25) is 5.95 Å². The van der Waals surface area contributed by atoms with Crippen molar-refractivity contribution in [2.24, 2.45) is 0 Å². The second-order valence-corrected chi connectivity index (χ2v) is 10.1. The van der Waals surface area contributed by atoms with E-state index in [4.69, 9.17) is 14.4 Å². The lowest BCUT2D eigenvalue weighted by atomic mass is 10.0. The lowest BCUT2D eigenvalue weighted by Crippen LogP contribution is -2.03. The molecule has 0 saturated carbocycles. The van der Waals surface area contributed by atoms with Gasteiger partial charge in [-0.05, 0) is 35.0 Å². The SMILES string of the molecule is c1ccc(-c2nc(-n3c4ccc5ccccc5c4c4ccc5c6ccccc6oc5c43)nc3cnccc23)cc1. The molecule has 0 spiro atoms. The van der Waals surface area contributed by atoms with E-state index in [-0.39, 0.29) is 0 Å². The van der Waals surface area contributed by atoms with Gasteiger partial charge in [0.05, 0.1) is 22.9 Å². The highest BCUT2D eigenvalue weighted by Gasteiger charge is 2.22. The van der Waals surface area contributed by atoms with Gasteiger partial charge in [0, 0.05) is 38.7 Å². The van der Waals surface area contributed by atoms with Crippen LogP contribution in [0.25, 0.3) is 82.6 Å². The maximum atomic E-state index is 6.58. The molecule has 0 atom stereocenters. The lowest BCUT2D eigenvalue weighted by molar-refractivity contribution is 0.671. The molecule has 5 nitrogen and oxygen atoms in total. The van der Waals surface area contributed by atoms with E-state index in [1.807, 2.05) is 42.6 Å². The van der Waals surface area contributed by atoms with Crippen LogP contribution in [-0.2, 0) is 0 Å². The first-order chi connectivity index (χ1) is 19.8. The normalized spacial score (nSPS) is 12.0. The standard InChI is InChI=1S/C35H20N4O/c1-2-9-22(10-3-1)32-26-18-19-36-20-28(26)37-35(38-32)39-29-17-14-21-8-4-5-11-23(21)31(29)27-16-15-25-24-12-6-7-13-30(24)40-34(25)33(27)39/h1-20H. The summed E-state index contributed by atoms with van der Waals surface area (Å²) in [6.07, 6.45) is 3.61. The third-order valence-corrected chi connectivity index (χ3v) is 7.90. The summed E-state index contributed by atoms with van der Waals surface area (Å²) in [6, 6.07) is 37.7. The molecule has 0 amide bonds. The maximum Gasteiger partial charge on any atom is 0.235 e. The molecule has 5 heteroatoms. The molecule has 4 heterocycles. The van der Waals surface area contributed by atoms with E-state index in [2.05, 4.69) is 82.3 Å². The van der Waals surface area contributed by atoms with Crippen LogP contribution < -0.4 is 0 Å². The molecule has 0 aliphatic heterocycles. The Morgan fingerprint density at radius 3 is 2.33 bits per heavy atom. The zero-order valence-corrected chi connectivity index (χ0v) is 21.2. The Morgan fingerprint density at radius 2 is 1.40 bits per heavy atom. The Labute approximate surface area is 228 Å². The van der Waals surface area contributed by atoms with Gasteiger partial charge in [-0.15, -0.1) is 0 Å². The molecule has 40 heavy (non-hydrogen) atoms. The third-order valence-electron chi connectivity index (χ3n) is 7.90. The fraction of sp³-hybridized carbons (Fsp3) is 0. The van der Waals surface area contributed by atoms with E-state index in [0.717, 1.165) is 65.9 Å². The molecule has 0 bridgehead atoms. The van der Waals surface area contributed by atoms with Crippen molar-refractivity contribution < 1.29 is 4.42 Å². The maximum absolute atomic E-state index is 6.58. The molecule has 0 fully saturated rings. The first-order valence-electron chi connectivity index (χ1n) is 13.3. The molecular formula is C35H20N4O. The van der Waals surface area contributed by atoms with Gasteiger partial charge in [-0.25, -0.2) is 9.97 Å². The fourth-order valence-electron chi connectivity index (χ4n) is 6.14. The molecule has 0 unspecified atom stereocenters. The van der Waals surface area contributed by atoms with Crippen LogP contribution in [0.4, 0.5) is 0 Å². The predicted octanol–water partition coefficient (Wildman–Crippen LogP) is 8.84. The van der Waals surface area contributed by atoms with Gasteiger partial charge < -0.3 is 4.42 Å². The number of benzene rings is 5. The topological polar surface area (TPSA) is 56.7 Å². The zero-order valence-electron chi connectivity index (χ0n) is 21.2. The number of nitrogens with zero attached hydrogens (tertiary/aromatic N) is 4. The van der Waals surface area contributed by atoms with E-state index in [9.17, 15) is 0 Å². The van der Waals surface area contributed by atoms with Crippen LogP contribution in [0.5, 0.6) is 0 Å². The van der Waals surface area contributed by atoms with Gasteiger partial charge in [0.1, 0.15) is 11.1 Å². The molecule has 0 N–H and O–H groups in total.